The van der Waals surface area contributed by atoms with E-state index in [0.717, 1.165) is 24.7 Å². The first-order valence-corrected chi connectivity index (χ1v) is 13.9. The zero-order valence-electron chi connectivity index (χ0n) is 18.0. The van der Waals surface area contributed by atoms with Crippen LogP contribution in [0.25, 0.3) is 11.2 Å². The predicted molar refractivity (Wildman–Crippen MR) is 111 cm³/mol. The first kappa shape index (κ1) is 28.9. The molecule has 0 aliphatic carbocycles. The van der Waals surface area contributed by atoms with Gasteiger partial charge in [-0.2, -0.15) is 13.6 Å². The zero-order chi connectivity index (χ0) is 27.5. The van der Waals surface area contributed by atoms with Gasteiger partial charge in [0.15, 0.2) is 17.4 Å². The average molecular weight is 585 g/mol. The number of ether oxygens (including phenoxy) is 1. The third-order valence-electron chi connectivity index (χ3n) is 4.82. The maximum absolute atomic E-state index is 15.7. The summed E-state index contributed by atoms with van der Waals surface area (Å²) in [5.41, 5.74) is -1.68. The number of nitrogens with zero attached hydrogens (tertiary/aromatic N) is 3. The van der Waals surface area contributed by atoms with Crippen LogP contribution in [0.1, 0.15) is 20.1 Å². The summed E-state index contributed by atoms with van der Waals surface area (Å²) < 4.78 is 82.3. The van der Waals surface area contributed by atoms with Gasteiger partial charge >= 0.3 is 23.5 Å². The van der Waals surface area contributed by atoms with Gasteiger partial charge in [0.1, 0.15) is 24.5 Å². The van der Waals surface area contributed by atoms with Crippen molar-refractivity contribution >= 4 is 40.6 Å². The van der Waals surface area contributed by atoms with Crippen molar-refractivity contribution in [3.05, 3.63) is 16.7 Å². The number of alkyl halides is 2. The second kappa shape index (κ2) is 9.27. The molecule has 204 valence electrons. The molecule has 0 saturated carbocycles. The van der Waals surface area contributed by atoms with E-state index < -0.39 is 71.4 Å². The number of anilines is 1. The molecule has 1 aliphatic heterocycles. The maximum atomic E-state index is 15.7. The van der Waals surface area contributed by atoms with Gasteiger partial charge in [0.2, 0.25) is 11.6 Å². The lowest BCUT2D eigenvalue weighted by atomic mass is 9.89. The molecule has 3 unspecified atom stereocenters. The van der Waals surface area contributed by atoms with E-state index in [0.29, 0.717) is 0 Å². The lowest BCUT2D eigenvalue weighted by molar-refractivity contribution is -0.118. The summed E-state index contributed by atoms with van der Waals surface area (Å²) in [6.45, 7) is -0.0699. The molecule has 3 heterocycles. The highest BCUT2D eigenvalue weighted by Gasteiger charge is 2.63. The third-order valence-corrected chi connectivity index (χ3v) is 8.85. The van der Waals surface area contributed by atoms with Gasteiger partial charge in [-0.3, -0.25) is 18.9 Å². The van der Waals surface area contributed by atoms with Crippen LogP contribution in [0.15, 0.2) is 11.1 Å². The number of H-pyrrole nitrogens is 1. The van der Waals surface area contributed by atoms with Crippen LogP contribution in [-0.4, -0.2) is 74.4 Å². The lowest BCUT2D eigenvalue weighted by Crippen LogP contribution is -2.50. The number of aromatic amines is 1. The quantitative estimate of drug-likeness (QED) is 0.187. The molecule has 2 aromatic heterocycles. The minimum absolute atomic E-state index is 0.348. The van der Waals surface area contributed by atoms with Gasteiger partial charge in [-0.05, 0) is 13.8 Å². The Bertz CT molecular complexity index is 1360. The number of nitrogens with two attached hydrogens (primary N) is 1. The number of phosphoric acid groups is 3. The van der Waals surface area contributed by atoms with Gasteiger partial charge in [0.25, 0.3) is 5.56 Å². The van der Waals surface area contributed by atoms with E-state index in [1.165, 1.54) is 0 Å². The second-order valence-corrected chi connectivity index (χ2v) is 12.3. The van der Waals surface area contributed by atoms with E-state index >= 15 is 4.39 Å². The van der Waals surface area contributed by atoms with Crippen LogP contribution >= 0.6 is 23.5 Å². The number of halogens is 2. The normalized spacial score (nSPS) is 28.8. The van der Waals surface area contributed by atoms with Crippen LogP contribution in [0.3, 0.4) is 0 Å². The lowest BCUT2D eigenvalue weighted by Gasteiger charge is -2.34. The molecule has 8 N–H and O–H groups in total. The topological polar surface area (TPSA) is 279 Å². The molecule has 1 saturated heterocycles. The summed E-state index contributed by atoms with van der Waals surface area (Å²) in [6, 6.07) is 0. The Morgan fingerprint density at radius 3 is 2.42 bits per heavy atom. The summed E-state index contributed by atoms with van der Waals surface area (Å²) in [5, 5.41) is 10.6. The van der Waals surface area contributed by atoms with Gasteiger partial charge < -0.3 is 35.2 Å². The molecule has 23 heteroatoms. The molecule has 0 spiro atoms. The molecule has 2 aromatic rings. The Morgan fingerprint density at radius 2 is 1.86 bits per heavy atom. The van der Waals surface area contributed by atoms with Crippen molar-refractivity contribution in [2.75, 3.05) is 12.4 Å². The van der Waals surface area contributed by atoms with Gasteiger partial charge in [-0.15, -0.1) is 0 Å². The number of phosphoric ester groups is 1. The van der Waals surface area contributed by atoms with E-state index in [4.69, 9.17) is 24.8 Å². The molecule has 36 heavy (non-hydrogen) atoms. The van der Waals surface area contributed by atoms with Crippen LogP contribution < -0.4 is 11.3 Å². The summed E-state index contributed by atoms with van der Waals surface area (Å²) in [5.74, 6) is -0.415. The molecule has 0 amide bonds. The van der Waals surface area contributed by atoms with Gasteiger partial charge in [0.05, 0.1) is 6.33 Å². The standard InChI is InChI=1S/C13H20F2N5O13P3/c1-12(2,31-35(26,27)33-36(28,29)32-34(23,24)25)7-6(21)13(15,3-14)10(30-7)20-4-17-5-8(20)18-11(16)19-9(5)22/h4,6-7,10,21H,3H2,1-2H3,(H,26,27)(H,28,29)(H2,23,24,25)(H3,16,18,19,22)/t6?,7-,10+,13+/m0/s1. The van der Waals surface area contributed by atoms with E-state index in [1.807, 2.05) is 0 Å². The Labute approximate surface area is 198 Å². The maximum Gasteiger partial charge on any atom is 0.490 e. The second-order valence-electron chi connectivity index (χ2n) is 7.98. The Morgan fingerprint density at radius 1 is 1.25 bits per heavy atom. The van der Waals surface area contributed by atoms with Gasteiger partial charge in [-0.25, -0.2) is 27.5 Å². The molecular weight excluding hydrogens is 565 g/mol. The smallest absolute Gasteiger partial charge is 0.387 e. The number of imidazole rings is 1. The van der Waals surface area contributed by atoms with Crippen molar-refractivity contribution < 1.29 is 65.0 Å². The Balaban J connectivity index is 1.94. The zero-order valence-corrected chi connectivity index (χ0v) is 20.7. The molecule has 1 aliphatic rings. The molecule has 1 fully saturated rings. The Kier molecular flexibility index (Phi) is 7.44. The highest BCUT2D eigenvalue weighted by atomic mass is 31.3. The van der Waals surface area contributed by atoms with Crippen molar-refractivity contribution in [2.24, 2.45) is 0 Å². The minimum Gasteiger partial charge on any atom is -0.387 e. The Hall–Kier alpha value is -1.66. The fourth-order valence-electron chi connectivity index (χ4n) is 3.47. The number of nitrogen functional groups attached to an aromatic ring is 1. The van der Waals surface area contributed by atoms with Crippen LogP contribution in [0.5, 0.6) is 0 Å². The highest BCUT2D eigenvalue weighted by Crippen LogP contribution is 2.67. The van der Waals surface area contributed by atoms with E-state index in [1.54, 1.807) is 0 Å². The number of hydrogen-bond acceptors (Lipinski definition) is 12. The number of rotatable bonds is 9. The van der Waals surface area contributed by atoms with Gasteiger partial charge in [0, 0.05) is 0 Å². The number of fused-ring (bicyclic) bond motifs is 1. The monoisotopic (exact) mass is 585 g/mol. The van der Waals surface area contributed by atoms with Crippen molar-refractivity contribution in [1.82, 2.24) is 19.5 Å². The average Bonchev–Trinajstić information content (AvgIpc) is 3.17. The molecule has 0 radical (unpaired) electrons. The first-order valence-electron chi connectivity index (χ1n) is 9.37. The minimum atomic E-state index is -5.89. The van der Waals surface area contributed by atoms with Crippen LogP contribution in [0.4, 0.5) is 14.7 Å². The molecular formula is C13H20F2N5O13P3. The van der Waals surface area contributed by atoms with Crippen molar-refractivity contribution in [2.45, 2.75) is 43.6 Å². The number of aromatic nitrogens is 4. The van der Waals surface area contributed by atoms with E-state index in [9.17, 15) is 37.8 Å². The summed E-state index contributed by atoms with van der Waals surface area (Å²) >= 11 is 0. The fraction of sp³-hybridized carbons (Fsp3) is 0.615. The van der Waals surface area contributed by atoms with Crippen molar-refractivity contribution in [3.63, 3.8) is 0 Å². The van der Waals surface area contributed by atoms with E-state index in [-0.39, 0.29) is 11.2 Å². The highest BCUT2D eigenvalue weighted by molar-refractivity contribution is 7.66. The predicted octanol–water partition coefficient (Wildman–Crippen LogP) is -0.240. The number of aliphatic hydroxyl groups excluding tert-OH is 1. The SMILES string of the molecule is CC(C)(OP(=O)(O)OP(=O)(O)OP(=O)(O)O)[C@H]1O[C@@H](n2cnc3c(=O)[nH]c(N)nc32)[C@@](F)(CF)C1O. The number of aliphatic hydroxyl groups is 1. The molecule has 3 rings (SSSR count). The largest absolute Gasteiger partial charge is 0.490 e. The van der Waals surface area contributed by atoms with Crippen molar-refractivity contribution in [1.29, 1.82) is 0 Å². The number of hydrogen-bond donors (Lipinski definition) is 7. The first-order chi connectivity index (χ1) is 16.2. The molecule has 0 bridgehead atoms. The van der Waals surface area contributed by atoms with Crippen LogP contribution in [0.2, 0.25) is 0 Å². The van der Waals surface area contributed by atoms with Crippen LogP contribution in [0, 0.1) is 0 Å². The third kappa shape index (κ3) is 5.75. The summed E-state index contributed by atoms with van der Waals surface area (Å²) in [4.78, 5) is 58.0. The van der Waals surface area contributed by atoms with Gasteiger partial charge in [-0.1, -0.05) is 0 Å². The molecule has 6 atom stereocenters. The van der Waals surface area contributed by atoms with Crippen molar-refractivity contribution in [3.8, 4) is 0 Å². The number of nitrogens with one attached hydrogen (secondary N) is 1. The summed E-state index contributed by atoms with van der Waals surface area (Å²) in [7, 11) is -17.3. The van der Waals surface area contributed by atoms with Crippen LogP contribution in [-0.2, 0) is 31.6 Å². The summed E-state index contributed by atoms with van der Waals surface area (Å²) in [6.07, 6.45) is -5.70. The fourth-order valence-corrected chi connectivity index (χ4v) is 6.81. The molecule has 0 aromatic carbocycles. The van der Waals surface area contributed by atoms with E-state index in [2.05, 4.69) is 23.6 Å². The molecule has 18 nitrogen and oxygen atoms in total.